The lowest BCUT2D eigenvalue weighted by Gasteiger charge is -2.34. The molecule has 2 heterocycles. The monoisotopic (exact) mass is 404 g/mol. The van der Waals surface area contributed by atoms with Crippen LogP contribution in [0.15, 0.2) is 42.5 Å². The molecule has 0 radical (unpaired) electrons. The molecule has 0 N–H and O–H groups in total. The fourth-order valence-corrected chi connectivity index (χ4v) is 3.77. The second kappa shape index (κ2) is 8.79. The molecule has 4 rings (SSSR count). The van der Waals surface area contributed by atoms with Crippen LogP contribution in [0.1, 0.15) is 34.2 Å². The van der Waals surface area contributed by atoms with E-state index in [1.165, 1.54) is 5.56 Å². The first kappa shape index (κ1) is 20.3. The zero-order valence-corrected chi connectivity index (χ0v) is 17.9. The van der Waals surface area contributed by atoms with Crippen molar-refractivity contribution < 1.29 is 9.53 Å². The summed E-state index contributed by atoms with van der Waals surface area (Å²) in [7, 11) is 0. The van der Waals surface area contributed by atoms with Gasteiger partial charge in [-0.2, -0.15) is 0 Å². The number of nitrogens with zero attached hydrogens (tertiary/aromatic N) is 4. The van der Waals surface area contributed by atoms with E-state index in [9.17, 15) is 4.79 Å². The molecule has 0 atom stereocenters. The van der Waals surface area contributed by atoms with Gasteiger partial charge >= 0.3 is 0 Å². The number of carbonyl (C=O) groups excluding carboxylic acids is 1. The summed E-state index contributed by atoms with van der Waals surface area (Å²) >= 11 is 0. The molecule has 1 fully saturated rings. The van der Waals surface area contributed by atoms with Crippen LogP contribution in [0.4, 0.5) is 0 Å². The zero-order valence-electron chi connectivity index (χ0n) is 17.9. The number of ether oxygens (including phenoxy) is 1. The van der Waals surface area contributed by atoms with Crippen molar-refractivity contribution in [2.75, 3.05) is 32.8 Å². The molecule has 0 aliphatic carbocycles. The Kier molecular flexibility index (Phi) is 5.95. The van der Waals surface area contributed by atoms with Crippen LogP contribution in [0.2, 0.25) is 0 Å². The minimum absolute atomic E-state index is 0.0673. The summed E-state index contributed by atoms with van der Waals surface area (Å²) in [5.41, 5.74) is 5.37. The first-order valence-corrected chi connectivity index (χ1v) is 10.5. The molecule has 1 aromatic heterocycles. The molecule has 6 heteroatoms. The van der Waals surface area contributed by atoms with Gasteiger partial charge in [-0.05, 0) is 56.7 Å². The van der Waals surface area contributed by atoms with Crippen molar-refractivity contribution >= 4 is 16.9 Å². The van der Waals surface area contributed by atoms with Gasteiger partial charge in [-0.3, -0.25) is 9.69 Å². The van der Waals surface area contributed by atoms with Gasteiger partial charge in [-0.15, -0.1) is 0 Å². The van der Waals surface area contributed by atoms with Crippen molar-refractivity contribution in [3.8, 4) is 5.75 Å². The van der Waals surface area contributed by atoms with Crippen LogP contribution in [0.25, 0.3) is 11.0 Å². The van der Waals surface area contributed by atoms with Crippen LogP contribution in [0.5, 0.6) is 5.75 Å². The minimum Gasteiger partial charge on any atom is -0.494 e. The van der Waals surface area contributed by atoms with Crippen molar-refractivity contribution in [1.82, 2.24) is 19.8 Å². The number of amides is 1. The van der Waals surface area contributed by atoms with Crippen LogP contribution in [0, 0.1) is 13.8 Å². The van der Waals surface area contributed by atoms with Gasteiger partial charge in [0.1, 0.15) is 5.75 Å². The molecular formula is C24H28N4O2. The molecule has 0 bridgehead atoms. The number of piperazine rings is 1. The lowest BCUT2D eigenvalue weighted by Crippen LogP contribution is -2.48. The second-order valence-electron chi connectivity index (χ2n) is 7.74. The summed E-state index contributed by atoms with van der Waals surface area (Å²) in [5, 5.41) is 0. The van der Waals surface area contributed by atoms with Crippen molar-refractivity contribution in [1.29, 1.82) is 0 Å². The third-order valence-corrected chi connectivity index (χ3v) is 5.62. The van der Waals surface area contributed by atoms with Crippen molar-refractivity contribution in [2.45, 2.75) is 27.3 Å². The maximum Gasteiger partial charge on any atom is 0.254 e. The molecule has 0 unspecified atom stereocenters. The lowest BCUT2D eigenvalue weighted by molar-refractivity contribution is 0.0628. The molecule has 3 aromatic rings. The van der Waals surface area contributed by atoms with Crippen molar-refractivity contribution in [3.05, 3.63) is 65.0 Å². The van der Waals surface area contributed by atoms with Crippen LogP contribution in [-0.2, 0) is 6.54 Å². The average Bonchev–Trinajstić information content (AvgIpc) is 2.76. The predicted molar refractivity (Wildman–Crippen MR) is 118 cm³/mol. The molecule has 1 saturated heterocycles. The predicted octanol–water partition coefficient (Wildman–Crippen LogP) is 3.60. The number of fused-ring (bicyclic) bond motifs is 1. The molecule has 6 nitrogen and oxygen atoms in total. The SMILES string of the molecule is CCOc1ccc(CN2CCN(C(=O)c3ccc4nc(C)c(C)nc4c3)CC2)cc1. The Morgan fingerprint density at radius 3 is 2.27 bits per heavy atom. The Balaban J connectivity index is 1.37. The number of aromatic nitrogens is 2. The fourth-order valence-electron chi connectivity index (χ4n) is 3.77. The summed E-state index contributed by atoms with van der Waals surface area (Å²) in [4.78, 5) is 26.5. The maximum absolute atomic E-state index is 13.0. The molecule has 2 aromatic carbocycles. The molecule has 1 aliphatic heterocycles. The van der Waals surface area contributed by atoms with Crippen LogP contribution >= 0.6 is 0 Å². The molecule has 0 spiro atoms. The number of carbonyl (C=O) groups is 1. The van der Waals surface area contributed by atoms with E-state index < -0.39 is 0 Å². The van der Waals surface area contributed by atoms with E-state index in [-0.39, 0.29) is 5.91 Å². The molecule has 1 amide bonds. The molecule has 1 aliphatic rings. The van der Waals surface area contributed by atoms with E-state index in [1.807, 2.05) is 56.0 Å². The Labute approximate surface area is 177 Å². The van der Waals surface area contributed by atoms with E-state index in [0.717, 1.165) is 60.9 Å². The maximum atomic E-state index is 13.0. The van der Waals surface area contributed by atoms with Gasteiger partial charge in [0.15, 0.2) is 0 Å². The Morgan fingerprint density at radius 2 is 1.60 bits per heavy atom. The van der Waals surface area contributed by atoms with E-state index in [2.05, 4.69) is 27.0 Å². The van der Waals surface area contributed by atoms with Crippen molar-refractivity contribution in [3.63, 3.8) is 0 Å². The first-order chi connectivity index (χ1) is 14.5. The minimum atomic E-state index is 0.0673. The summed E-state index contributed by atoms with van der Waals surface area (Å²) in [6.45, 7) is 10.6. The van der Waals surface area contributed by atoms with E-state index in [4.69, 9.17) is 4.74 Å². The van der Waals surface area contributed by atoms with E-state index in [0.29, 0.717) is 12.2 Å². The molecular weight excluding hydrogens is 376 g/mol. The van der Waals surface area contributed by atoms with Gasteiger partial charge < -0.3 is 9.64 Å². The van der Waals surface area contributed by atoms with Crippen LogP contribution < -0.4 is 4.74 Å². The molecule has 0 saturated carbocycles. The van der Waals surface area contributed by atoms with Gasteiger partial charge in [0.05, 0.1) is 29.0 Å². The zero-order chi connectivity index (χ0) is 21.1. The average molecular weight is 405 g/mol. The lowest BCUT2D eigenvalue weighted by atomic mass is 10.1. The smallest absolute Gasteiger partial charge is 0.254 e. The highest BCUT2D eigenvalue weighted by Crippen LogP contribution is 2.18. The Morgan fingerprint density at radius 1 is 0.933 bits per heavy atom. The third-order valence-electron chi connectivity index (χ3n) is 5.62. The summed E-state index contributed by atoms with van der Waals surface area (Å²) in [6.07, 6.45) is 0. The number of benzene rings is 2. The number of hydrogen-bond donors (Lipinski definition) is 0. The molecule has 30 heavy (non-hydrogen) atoms. The summed E-state index contributed by atoms with van der Waals surface area (Å²) in [5.74, 6) is 0.972. The number of hydrogen-bond acceptors (Lipinski definition) is 5. The topological polar surface area (TPSA) is 58.6 Å². The largest absolute Gasteiger partial charge is 0.494 e. The van der Waals surface area contributed by atoms with Crippen molar-refractivity contribution in [2.24, 2.45) is 0 Å². The van der Waals surface area contributed by atoms with E-state index in [1.54, 1.807) is 0 Å². The molecule has 156 valence electrons. The van der Waals surface area contributed by atoms with Gasteiger partial charge in [-0.25, -0.2) is 9.97 Å². The van der Waals surface area contributed by atoms with Gasteiger partial charge in [0.25, 0.3) is 5.91 Å². The first-order valence-electron chi connectivity index (χ1n) is 10.5. The highest BCUT2D eigenvalue weighted by Gasteiger charge is 2.22. The highest BCUT2D eigenvalue weighted by molar-refractivity contribution is 5.97. The second-order valence-corrected chi connectivity index (χ2v) is 7.74. The van der Waals surface area contributed by atoms with Crippen LogP contribution in [0.3, 0.4) is 0 Å². The number of aryl methyl sites for hydroxylation is 2. The summed E-state index contributed by atoms with van der Waals surface area (Å²) < 4.78 is 5.51. The Bertz CT molecular complexity index is 1040. The van der Waals surface area contributed by atoms with E-state index >= 15 is 0 Å². The fraction of sp³-hybridized carbons (Fsp3) is 0.375. The normalized spacial score (nSPS) is 14.8. The van der Waals surface area contributed by atoms with Gasteiger partial charge in [0.2, 0.25) is 0 Å². The van der Waals surface area contributed by atoms with Crippen LogP contribution in [-0.4, -0.2) is 58.5 Å². The number of rotatable bonds is 5. The quantitative estimate of drug-likeness (QED) is 0.650. The summed E-state index contributed by atoms with van der Waals surface area (Å²) in [6, 6.07) is 13.9. The van der Waals surface area contributed by atoms with Gasteiger partial charge in [0, 0.05) is 38.3 Å². The Hall–Kier alpha value is -2.99. The third kappa shape index (κ3) is 4.44. The highest BCUT2D eigenvalue weighted by atomic mass is 16.5. The standard InChI is InChI=1S/C24H28N4O2/c1-4-30-21-8-5-19(6-9-21)16-27-11-13-28(14-12-27)24(29)20-7-10-22-23(15-20)26-18(3)17(2)25-22/h5-10,15H,4,11-14,16H2,1-3H3. The van der Waals surface area contributed by atoms with Gasteiger partial charge in [-0.1, -0.05) is 12.1 Å².